The van der Waals surface area contributed by atoms with Gasteiger partial charge in [-0.05, 0) is 36.6 Å². The third-order valence-corrected chi connectivity index (χ3v) is 5.54. The molecule has 0 aliphatic heterocycles. The van der Waals surface area contributed by atoms with E-state index in [2.05, 4.69) is 33.9 Å². The fraction of sp³-hybridized carbons (Fsp3) is 0.550. The largest absolute Gasteiger partial charge is 0.383 e. The van der Waals surface area contributed by atoms with E-state index >= 15 is 0 Å². The van der Waals surface area contributed by atoms with E-state index in [9.17, 15) is 4.79 Å². The number of unbranched alkanes of at least 4 members (excludes halogenated alkanes) is 1. The maximum absolute atomic E-state index is 12.0. The summed E-state index contributed by atoms with van der Waals surface area (Å²) in [5.41, 5.74) is 0.969. The number of methoxy groups -OCH3 is 1. The molecule has 0 radical (unpaired) electrons. The molecular weight excluding hydrogens is 396 g/mol. The molecule has 0 saturated carbocycles. The van der Waals surface area contributed by atoms with Crippen molar-refractivity contribution in [3.8, 4) is 11.4 Å². The lowest BCUT2D eigenvalue weighted by molar-refractivity contribution is -0.118. The van der Waals surface area contributed by atoms with E-state index in [4.69, 9.17) is 16.3 Å². The number of thioether (sulfide) groups is 1. The number of ether oxygens (including phenoxy) is 1. The number of aromatic nitrogens is 3. The minimum absolute atomic E-state index is 0.0383. The topological polar surface area (TPSA) is 69.0 Å². The lowest BCUT2D eigenvalue weighted by atomic mass is 10.0. The summed E-state index contributed by atoms with van der Waals surface area (Å²) < 4.78 is 7.08. The van der Waals surface area contributed by atoms with E-state index in [0.29, 0.717) is 29.8 Å². The number of rotatable bonds is 12. The Morgan fingerprint density at radius 3 is 2.75 bits per heavy atom. The fourth-order valence-electron chi connectivity index (χ4n) is 2.80. The van der Waals surface area contributed by atoms with Crippen LogP contribution < -0.4 is 5.32 Å². The number of halogens is 1. The summed E-state index contributed by atoms with van der Waals surface area (Å²) in [6, 6.07) is 7.61. The van der Waals surface area contributed by atoms with E-state index in [1.165, 1.54) is 24.6 Å². The van der Waals surface area contributed by atoms with Crippen LogP contribution in [0, 0.1) is 5.92 Å². The predicted octanol–water partition coefficient (Wildman–Crippen LogP) is 4.28. The third-order valence-electron chi connectivity index (χ3n) is 4.32. The molecule has 28 heavy (non-hydrogen) atoms. The number of benzene rings is 1. The molecule has 1 atom stereocenters. The van der Waals surface area contributed by atoms with Crippen molar-refractivity contribution in [2.75, 3.05) is 26.0 Å². The van der Waals surface area contributed by atoms with Gasteiger partial charge < -0.3 is 14.6 Å². The van der Waals surface area contributed by atoms with Gasteiger partial charge in [0.1, 0.15) is 0 Å². The normalized spacial score (nSPS) is 12.1. The Kier molecular flexibility index (Phi) is 9.81. The summed E-state index contributed by atoms with van der Waals surface area (Å²) in [7, 11) is 1.61. The number of nitrogens with zero attached hydrogens (tertiary/aromatic N) is 3. The lowest BCUT2D eigenvalue weighted by Gasteiger charge is -2.15. The van der Waals surface area contributed by atoms with Crippen molar-refractivity contribution in [1.82, 2.24) is 20.1 Å². The highest BCUT2D eigenvalue weighted by Gasteiger charge is 2.17. The van der Waals surface area contributed by atoms with Gasteiger partial charge in [-0.2, -0.15) is 0 Å². The van der Waals surface area contributed by atoms with Crippen LogP contribution in [0.5, 0.6) is 0 Å². The number of carbonyl (C=O) groups is 1. The summed E-state index contributed by atoms with van der Waals surface area (Å²) in [6.07, 6.45) is 3.53. The summed E-state index contributed by atoms with van der Waals surface area (Å²) in [5.74, 6) is 1.56. The number of hydrogen-bond donors (Lipinski definition) is 1. The predicted molar refractivity (Wildman–Crippen MR) is 115 cm³/mol. The Morgan fingerprint density at radius 1 is 1.32 bits per heavy atom. The van der Waals surface area contributed by atoms with Gasteiger partial charge >= 0.3 is 0 Å². The molecule has 6 nitrogen and oxygen atoms in total. The quantitative estimate of drug-likeness (QED) is 0.406. The maximum Gasteiger partial charge on any atom is 0.230 e. The molecule has 0 spiro atoms. The monoisotopic (exact) mass is 424 g/mol. The molecule has 0 saturated heterocycles. The van der Waals surface area contributed by atoms with E-state index < -0.39 is 0 Å². The second kappa shape index (κ2) is 12.1. The summed E-state index contributed by atoms with van der Waals surface area (Å²) in [5, 5.41) is 13.0. The van der Waals surface area contributed by atoms with Gasteiger partial charge in [-0.25, -0.2) is 0 Å². The van der Waals surface area contributed by atoms with E-state index in [1.807, 2.05) is 24.3 Å². The molecule has 0 fully saturated rings. The zero-order valence-electron chi connectivity index (χ0n) is 16.8. The molecule has 0 bridgehead atoms. The Morgan fingerprint density at radius 2 is 2.07 bits per heavy atom. The fourth-order valence-corrected chi connectivity index (χ4v) is 3.71. The molecule has 2 rings (SSSR count). The molecule has 8 heteroatoms. The molecular formula is C20H29ClN4O2S. The van der Waals surface area contributed by atoms with Crippen molar-refractivity contribution in [3.63, 3.8) is 0 Å². The molecule has 0 aliphatic carbocycles. The zero-order chi connectivity index (χ0) is 20.4. The van der Waals surface area contributed by atoms with Gasteiger partial charge in [0.25, 0.3) is 0 Å². The van der Waals surface area contributed by atoms with Crippen molar-refractivity contribution in [1.29, 1.82) is 0 Å². The SMILES string of the molecule is CCCC[C@@H](C)Cn1c(SCC(=O)NCCOC)nnc1-c1ccc(Cl)cc1. The van der Waals surface area contributed by atoms with Gasteiger partial charge in [-0.3, -0.25) is 4.79 Å². The lowest BCUT2D eigenvalue weighted by Crippen LogP contribution is -2.28. The van der Waals surface area contributed by atoms with Crippen molar-refractivity contribution in [2.24, 2.45) is 5.92 Å². The van der Waals surface area contributed by atoms with Gasteiger partial charge in [0.05, 0.1) is 12.4 Å². The molecule has 1 aromatic heterocycles. The minimum Gasteiger partial charge on any atom is -0.383 e. The summed E-state index contributed by atoms with van der Waals surface area (Å²) in [6.45, 7) is 6.27. The van der Waals surface area contributed by atoms with Crippen LogP contribution in [-0.2, 0) is 16.1 Å². The molecule has 2 aromatic rings. The Hall–Kier alpha value is -1.57. The highest BCUT2D eigenvalue weighted by atomic mass is 35.5. The van der Waals surface area contributed by atoms with Crippen LogP contribution in [0.1, 0.15) is 33.1 Å². The Labute approximate surface area is 176 Å². The average molecular weight is 425 g/mol. The van der Waals surface area contributed by atoms with Crippen molar-refractivity contribution < 1.29 is 9.53 Å². The number of amides is 1. The zero-order valence-corrected chi connectivity index (χ0v) is 18.4. The second-order valence-corrected chi connectivity index (χ2v) is 8.18. The summed E-state index contributed by atoms with van der Waals surface area (Å²) in [4.78, 5) is 12.0. The molecule has 154 valence electrons. The third kappa shape index (κ3) is 7.11. The molecule has 1 heterocycles. The Bertz CT molecular complexity index is 736. The first-order chi connectivity index (χ1) is 13.5. The van der Waals surface area contributed by atoms with Crippen LogP contribution in [0.25, 0.3) is 11.4 Å². The van der Waals surface area contributed by atoms with Gasteiger partial charge in [0.2, 0.25) is 5.91 Å². The smallest absolute Gasteiger partial charge is 0.230 e. The first kappa shape index (κ1) is 22.7. The van der Waals surface area contributed by atoms with E-state index in [-0.39, 0.29) is 5.91 Å². The molecule has 1 amide bonds. The maximum atomic E-state index is 12.0. The molecule has 0 unspecified atom stereocenters. The van der Waals surface area contributed by atoms with Crippen molar-refractivity contribution in [3.05, 3.63) is 29.3 Å². The van der Waals surface area contributed by atoms with Crippen LogP contribution in [0.15, 0.2) is 29.4 Å². The van der Waals surface area contributed by atoms with Crippen LogP contribution in [0.3, 0.4) is 0 Å². The van der Waals surface area contributed by atoms with Crippen molar-refractivity contribution in [2.45, 2.75) is 44.8 Å². The molecule has 1 aromatic carbocycles. The van der Waals surface area contributed by atoms with E-state index in [1.54, 1.807) is 7.11 Å². The summed E-state index contributed by atoms with van der Waals surface area (Å²) >= 11 is 7.43. The van der Waals surface area contributed by atoms with Crippen LogP contribution in [0.2, 0.25) is 5.02 Å². The highest BCUT2D eigenvalue weighted by molar-refractivity contribution is 7.99. The molecule has 0 aliphatic rings. The highest BCUT2D eigenvalue weighted by Crippen LogP contribution is 2.27. The van der Waals surface area contributed by atoms with Gasteiger partial charge in [0.15, 0.2) is 11.0 Å². The first-order valence-corrected chi connectivity index (χ1v) is 11.0. The van der Waals surface area contributed by atoms with Gasteiger partial charge in [0, 0.05) is 30.8 Å². The number of carbonyl (C=O) groups excluding carboxylic acids is 1. The number of nitrogens with one attached hydrogen (secondary N) is 1. The van der Waals surface area contributed by atoms with Gasteiger partial charge in [-0.1, -0.05) is 50.1 Å². The van der Waals surface area contributed by atoms with Crippen LogP contribution in [-0.4, -0.2) is 46.7 Å². The minimum atomic E-state index is -0.0383. The van der Waals surface area contributed by atoms with Gasteiger partial charge in [-0.15, -0.1) is 10.2 Å². The standard InChI is InChI=1S/C20H29ClN4O2S/c1-4-5-6-15(2)13-25-19(16-7-9-17(21)10-8-16)23-24-20(25)28-14-18(26)22-11-12-27-3/h7-10,15H,4-6,11-14H2,1-3H3,(H,22,26)/t15-/m1/s1. The van der Waals surface area contributed by atoms with Crippen molar-refractivity contribution >= 4 is 29.3 Å². The molecule has 1 N–H and O–H groups in total. The average Bonchev–Trinajstić information content (AvgIpc) is 3.08. The van der Waals surface area contributed by atoms with E-state index in [0.717, 1.165) is 29.5 Å². The first-order valence-electron chi connectivity index (χ1n) is 9.62. The number of hydrogen-bond acceptors (Lipinski definition) is 5. The van der Waals surface area contributed by atoms with Crippen LogP contribution in [0.4, 0.5) is 0 Å². The Balaban J connectivity index is 2.14. The van der Waals surface area contributed by atoms with Crippen LogP contribution >= 0.6 is 23.4 Å². The second-order valence-electron chi connectivity index (χ2n) is 6.80.